The molecule has 3 saturated heterocycles. The Morgan fingerprint density at radius 3 is 2.05 bits per heavy atom. The molecule has 0 radical (unpaired) electrons. The summed E-state index contributed by atoms with van der Waals surface area (Å²) in [7, 11) is 0. The van der Waals surface area contributed by atoms with Crippen molar-refractivity contribution in [1.82, 2.24) is 0 Å². The zero-order chi connectivity index (χ0) is 47.6. The van der Waals surface area contributed by atoms with E-state index in [1.165, 1.54) is 12.5 Å². The van der Waals surface area contributed by atoms with E-state index in [9.17, 15) is 56.2 Å². The minimum atomic E-state index is -1.85. The Bertz CT molecular complexity index is 1780. The van der Waals surface area contributed by atoms with Crippen LogP contribution in [0.2, 0.25) is 0 Å². The molecule has 0 aromatic rings. The van der Waals surface area contributed by atoms with Crippen molar-refractivity contribution in [1.29, 1.82) is 0 Å². The van der Waals surface area contributed by atoms with Crippen LogP contribution < -0.4 is 0 Å². The van der Waals surface area contributed by atoms with Crippen molar-refractivity contribution in [2.24, 2.45) is 50.2 Å². The number of allylic oxidation sites excluding steroid dienone is 2. The average Bonchev–Trinajstić information content (AvgIpc) is 3.25. The largest absolute Gasteiger partial charge is 0.432 e. The quantitative estimate of drug-likeness (QED) is 0.111. The minimum absolute atomic E-state index is 0.0257. The van der Waals surface area contributed by atoms with Gasteiger partial charge in [0.2, 0.25) is 6.29 Å². The summed E-state index contributed by atoms with van der Waals surface area (Å²) >= 11 is 0. The van der Waals surface area contributed by atoms with Crippen LogP contribution in [0.3, 0.4) is 0 Å². The molecule has 11 N–H and O–H groups in total. The van der Waals surface area contributed by atoms with Crippen LogP contribution in [0, 0.1) is 50.2 Å². The number of carbonyl (C=O) groups is 1. The molecule has 0 spiro atoms. The molecule has 18 nitrogen and oxygen atoms in total. The third kappa shape index (κ3) is 7.71. The molecule has 0 amide bonds. The maximum Gasteiger partial charge on any atom is 0.315 e. The van der Waals surface area contributed by atoms with Crippen molar-refractivity contribution in [3.8, 4) is 0 Å². The van der Waals surface area contributed by atoms with Gasteiger partial charge in [0.25, 0.3) is 0 Å². The third-order valence-electron chi connectivity index (χ3n) is 19.0. The smallest absolute Gasteiger partial charge is 0.315 e. The van der Waals surface area contributed by atoms with Crippen LogP contribution in [0.25, 0.3) is 0 Å². The van der Waals surface area contributed by atoms with E-state index in [-0.39, 0.29) is 40.6 Å². The minimum Gasteiger partial charge on any atom is -0.432 e. The number of fused-ring (bicyclic) bond motifs is 7. The lowest BCUT2D eigenvalue weighted by Crippen LogP contribution is -2.68. The van der Waals surface area contributed by atoms with Gasteiger partial charge in [-0.15, -0.1) is 0 Å². The second-order valence-electron chi connectivity index (χ2n) is 23.0. The Balaban J connectivity index is 1.14. The van der Waals surface area contributed by atoms with Crippen LogP contribution in [0.15, 0.2) is 11.6 Å². The standard InChI is InChI=1S/C47H76O18/c1-21-29(52)32(55)34(57)39(61-21)64-36-35(63-38-33(56)30(53)25(51)19-60-38)31(54)26(18-48)62-40(36)65-41(59)47-14-12-42(2,3)16-23(47)22-8-9-28-43(4)17-24(50)37(58)44(5,20-49)27(43)10-11-46(28,7)45(22,6)13-15-47/h8,21,23-40,48-58H,9-20H2,1-7H3. The van der Waals surface area contributed by atoms with Crippen LogP contribution in [0.1, 0.15) is 106 Å². The van der Waals surface area contributed by atoms with Crippen molar-refractivity contribution in [3.05, 3.63) is 11.6 Å². The summed E-state index contributed by atoms with van der Waals surface area (Å²) in [4.78, 5) is 15.4. The Labute approximate surface area is 380 Å². The fraction of sp³-hybridized carbons (Fsp3) is 0.936. The Kier molecular flexibility index (Phi) is 13.4. The van der Waals surface area contributed by atoms with Gasteiger partial charge in [0, 0.05) is 5.41 Å². The zero-order valence-corrected chi connectivity index (χ0v) is 38.8. The predicted octanol–water partition coefficient (Wildman–Crippen LogP) is -0.250. The van der Waals surface area contributed by atoms with Crippen LogP contribution in [-0.2, 0) is 33.2 Å². The molecule has 372 valence electrons. The maximum atomic E-state index is 15.4. The number of aliphatic hydroxyl groups is 11. The molecular weight excluding hydrogens is 852 g/mol. The maximum absolute atomic E-state index is 15.4. The first kappa shape index (κ1) is 50.0. The number of carbonyl (C=O) groups excluding carboxylic acids is 1. The Hall–Kier alpha value is -1.43. The average molecular weight is 929 g/mol. The van der Waals surface area contributed by atoms with Crippen LogP contribution in [0.5, 0.6) is 0 Å². The molecule has 0 aromatic carbocycles. The van der Waals surface area contributed by atoms with Gasteiger partial charge in [0.05, 0.1) is 43.5 Å². The highest BCUT2D eigenvalue weighted by atomic mass is 16.8. The topological polar surface area (TPSA) is 295 Å². The number of hydrogen-bond acceptors (Lipinski definition) is 18. The first-order valence-electron chi connectivity index (χ1n) is 23.8. The normalized spacial score (nSPS) is 55.4. The fourth-order valence-electron chi connectivity index (χ4n) is 14.7. The van der Waals surface area contributed by atoms with Crippen molar-refractivity contribution in [2.75, 3.05) is 19.8 Å². The summed E-state index contributed by atoms with van der Waals surface area (Å²) in [6, 6.07) is 0. The second kappa shape index (κ2) is 17.5. The van der Waals surface area contributed by atoms with E-state index in [2.05, 4.69) is 40.7 Å². The van der Waals surface area contributed by atoms with Gasteiger partial charge in [-0.05, 0) is 104 Å². The van der Waals surface area contributed by atoms with Crippen molar-refractivity contribution in [3.63, 3.8) is 0 Å². The second-order valence-corrected chi connectivity index (χ2v) is 23.0. The number of esters is 1. The van der Waals surface area contributed by atoms with Gasteiger partial charge < -0.3 is 84.6 Å². The molecule has 3 aliphatic heterocycles. The monoisotopic (exact) mass is 929 g/mol. The van der Waals surface area contributed by atoms with Gasteiger partial charge in [-0.25, -0.2) is 0 Å². The van der Waals surface area contributed by atoms with E-state index >= 15 is 4.79 Å². The number of hydrogen-bond donors (Lipinski definition) is 11. The summed E-state index contributed by atoms with van der Waals surface area (Å²) in [5.41, 5.74) is -1.97. The lowest BCUT2D eigenvalue weighted by molar-refractivity contribution is -0.382. The van der Waals surface area contributed by atoms with E-state index in [0.717, 1.165) is 12.8 Å². The number of ether oxygens (including phenoxy) is 6. The first-order chi connectivity index (χ1) is 30.3. The highest BCUT2D eigenvalue weighted by Crippen LogP contribution is 2.76. The van der Waals surface area contributed by atoms with Gasteiger partial charge in [0.1, 0.15) is 54.9 Å². The molecular formula is C47H76O18. The number of aliphatic hydroxyl groups excluding tert-OH is 11. The van der Waals surface area contributed by atoms with Gasteiger partial charge in [0.15, 0.2) is 18.7 Å². The summed E-state index contributed by atoms with van der Waals surface area (Å²) < 4.78 is 36.2. The molecule has 24 atom stereocenters. The predicted molar refractivity (Wildman–Crippen MR) is 226 cm³/mol. The van der Waals surface area contributed by atoms with E-state index in [1.807, 2.05) is 6.92 Å². The van der Waals surface area contributed by atoms with Crippen molar-refractivity contribution >= 4 is 5.97 Å². The first-order valence-corrected chi connectivity index (χ1v) is 23.8. The molecule has 8 aliphatic rings. The van der Waals surface area contributed by atoms with Crippen molar-refractivity contribution < 1.29 is 89.4 Å². The summed E-state index contributed by atoms with van der Waals surface area (Å²) in [6.07, 6.45) is -17.0. The molecule has 18 heteroatoms. The Morgan fingerprint density at radius 1 is 0.708 bits per heavy atom. The van der Waals surface area contributed by atoms with Gasteiger partial charge in [-0.3, -0.25) is 4.79 Å². The third-order valence-corrected chi connectivity index (χ3v) is 19.0. The molecule has 7 fully saturated rings. The highest BCUT2D eigenvalue weighted by Gasteiger charge is 2.71. The van der Waals surface area contributed by atoms with Gasteiger partial charge >= 0.3 is 5.97 Å². The molecule has 0 aromatic heterocycles. The van der Waals surface area contributed by atoms with E-state index in [4.69, 9.17) is 28.4 Å². The number of rotatable bonds is 8. The van der Waals surface area contributed by atoms with Crippen LogP contribution in [0.4, 0.5) is 0 Å². The van der Waals surface area contributed by atoms with E-state index in [1.54, 1.807) is 0 Å². The summed E-state index contributed by atoms with van der Waals surface area (Å²) in [6.45, 7) is 13.1. The van der Waals surface area contributed by atoms with Crippen LogP contribution in [-0.4, -0.2) is 180 Å². The highest BCUT2D eigenvalue weighted by molar-refractivity contribution is 5.79. The SMILES string of the molecule is CC1OC(OC2C(OC(=O)C34CCC(C)(C)CC3C3=CCC5C6(C)CC(O)C(O)C(C)(CO)C6CCC5(C)C3(C)CC4)OC(CO)C(O)C2OC2OCC(O)C(O)C2O)C(O)C(O)C1O. The lowest BCUT2D eigenvalue weighted by atomic mass is 9.33. The molecule has 65 heavy (non-hydrogen) atoms. The van der Waals surface area contributed by atoms with E-state index in [0.29, 0.717) is 44.9 Å². The molecule has 8 rings (SSSR count). The summed E-state index contributed by atoms with van der Waals surface area (Å²) in [5.74, 6) is -0.813. The van der Waals surface area contributed by atoms with Gasteiger partial charge in [-0.2, -0.15) is 0 Å². The van der Waals surface area contributed by atoms with Gasteiger partial charge in [-0.1, -0.05) is 53.2 Å². The lowest BCUT2D eigenvalue weighted by Gasteiger charge is -2.71. The molecule has 24 unspecified atom stereocenters. The molecule has 4 saturated carbocycles. The zero-order valence-electron chi connectivity index (χ0n) is 38.8. The molecule has 0 bridgehead atoms. The van der Waals surface area contributed by atoms with E-state index < -0.39 is 134 Å². The van der Waals surface area contributed by atoms with Crippen LogP contribution >= 0.6 is 0 Å². The fourth-order valence-corrected chi connectivity index (χ4v) is 14.7. The summed E-state index contributed by atoms with van der Waals surface area (Å²) in [5, 5.41) is 119. The molecule has 5 aliphatic carbocycles. The van der Waals surface area contributed by atoms with Crippen molar-refractivity contribution in [2.45, 2.75) is 204 Å². The molecule has 3 heterocycles. The Morgan fingerprint density at radius 2 is 1.37 bits per heavy atom.